The smallest absolute Gasteiger partial charge is 0.0667 e. The van der Waals surface area contributed by atoms with Crippen molar-refractivity contribution in [2.24, 2.45) is 0 Å². The molecule has 0 aliphatic carbocycles. The van der Waals surface area contributed by atoms with Crippen molar-refractivity contribution in [3.63, 3.8) is 0 Å². The Morgan fingerprint density at radius 1 is 0.333 bits per heavy atom. The number of hydrogen-bond acceptors (Lipinski definition) is 0. The molecule has 3 heterocycles. The molecule has 0 radical (unpaired) electrons. The molecule has 51 heavy (non-hydrogen) atoms. The number of rotatable bonds is 4. The van der Waals surface area contributed by atoms with Gasteiger partial charge in [0.25, 0.3) is 0 Å². The van der Waals surface area contributed by atoms with E-state index in [1.165, 1.54) is 24.3 Å². The van der Waals surface area contributed by atoms with Gasteiger partial charge in [-0.25, -0.2) is 0 Å². The zero-order valence-corrected chi connectivity index (χ0v) is 25.7. The lowest BCUT2D eigenvalue weighted by Gasteiger charge is -2.15. The highest BCUT2D eigenvalue weighted by atomic mass is 15.0. The van der Waals surface area contributed by atoms with Crippen molar-refractivity contribution in [1.29, 1.82) is 0 Å². The molecule has 0 aliphatic rings. The molecule has 3 heteroatoms. The number of nitrogens with zero attached hydrogens (tertiary/aromatic N) is 3. The molecule has 11 aromatic rings. The van der Waals surface area contributed by atoms with Gasteiger partial charge in [0.1, 0.15) is 0 Å². The number of benzene rings is 8. The van der Waals surface area contributed by atoms with Crippen molar-refractivity contribution in [3.05, 3.63) is 187 Å². The van der Waals surface area contributed by atoms with E-state index in [2.05, 4.69) is 0 Å². The van der Waals surface area contributed by atoms with Crippen LogP contribution in [-0.2, 0) is 0 Å². The summed E-state index contributed by atoms with van der Waals surface area (Å²) in [6.45, 7) is 0. The second kappa shape index (κ2) is 10.8. The first kappa shape index (κ1) is 12.5. The van der Waals surface area contributed by atoms with Gasteiger partial charge in [0.15, 0.2) is 0 Å². The van der Waals surface area contributed by atoms with Gasteiger partial charge in [0, 0.05) is 49.3 Å². The van der Waals surface area contributed by atoms with E-state index in [1.807, 2.05) is 0 Å². The maximum atomic E-state index is 10.2. The molecule has 0 unspecified atom stereocenters. The molecule has 0 saturated carbocycles. The number of fused-ring (bicyclic) bond motifs is 9. The fourth-order valence-corrected chi connectivity index (χ4v) is 6.60. The quantitative estimate of drug-likeness (QED) is 0.176. The number of hydrogen-bond donors (Lipinski definition) is 0. The Balaban J connectivity index is 1.39. The van der Waals surface area contributed by atoms with Crippen LogP contribution in [0, 0.1) is 0 Å². The van der Waals surface area contributed by atoms with Crippen LogP contribution < -0.4 is 0 Å². The van der Waals surface area contributed by atoms with E-state index in [0.29, 0.717) is 0 Å². The third-order valence-corrected chi connectivity index (χ3v) is 8.68. The predicted molar refractivity (Wildman–Crippen MR) is 215 cm³/mol. The molecule has 3 aromatic heterocycles. The van der Waals surface area contributed by atoms with Gasteiger partial charge in [-0.1, -0.05) is 127 Å². The van der Waals surface area contributed by atoms with Crippen molar-refractivity contribution < 1.29 is 37.0 Å². The minimum absolute atomic E-state index is 0.132. The zero-order valence-electron chi connectivity index (χ0n) is 52.7. The van der Waals surface area contributed by atoms with Crippen molar-refractivity contribution in [2.75, 3.05) is 0 Å². The largest absolute Gasteiger partial charge is 0.309 e. The van der Waals surface area contributed by atoms with Gasteiger partial charge in [-0.15, -0.1) is 0 Å². The molecule has 11 rings (SSSR count). The van der Waals surface area contributed by atoms with Gasteiger partial charge in [-0.3, -0.25) is 0 Å². The minimum atomic E-state index is -0.999. The van der Waals surface area contributed by atoms with Crippen LogP contribution in [0.15, 0.2) is 187 Å². The van der Waals surface area contributed by atoms with E-state index in [9.17, 15) is 12.3 Å². The lowest BCUT2D eigenvalue weighted by atomic mass is 10.0. The van der Waals surface area contributed by atoms with Crippen LogP contribution in [0.25, 0.3) is 93.6 Å². The van der Waals surface area contributed by atoms with Crippen LogP contribution in [0.5, 0.6) is 0 Å². The third kappa shape index (κ3) is 4.06. The van der Waals surface area contributed by atoms with Crippen LogP contribution in [0.4, 0.5) is 0 Å². The Hall–Kier alpha value is -6.84. The molecule has 3 nitrogen and oxygen atoms in total. The summed E-state index contributed by atoms with van der Waals surface area (Å²) >= 11 is 0. The van der Waals surface area contributed by atoms with E-state index in [1.54, 1.807) is 0 Å². The maximum absolute atomic E-state index is 10.2. The summed E-state index contributed by atoms with van der Waals surface area (Å²) < 4.78 is 247. The molecular weight excluding hydrogens is 619 g/mol. The topological polar surface area (TPSA) is 14.8 Å². The van der Waals surface area contributed by atoms with Crippen LogP contribution in [-0.4, -0.2) is 13.7 Å². The minimum Gasteiger partial charge on any atom is -0.309 e. The highest BCUT2D eigenvalue weighted by molar-refractivity contribution is 6.14. The predicted octanol–water partition coefficient (Wildman–Crippen LogP) is 12.6. The Labute approximate surface area is 332 Å². The SMILES string of the molecule is [2H]c1c([2H])c([2H])c(-c2ccccc2-n2c3c([2H])c([2H])c([2H])c([2H])c3c3c([2H])c([2H])c(-n4c5c([2H])c([2H])c([2H])c([2H])c5c5c([2H])c(-n6c7c([2H])c([2H])c([2H])c([2H])c7c7c([2H])c([2H])c([2H])c([2H])c76)c([2H])c([2H])c54)c([2H])c32)c([2H])c1[2H]. The van der Waals surface area contributed by atoms with Gasteiger partial charge in [-0.2, -0.15) is 0 Å². The second-order valence-electron chi connectivity index (χ2n) is 11.3. The average molecular weight is 677 g/mol. The van der Waals surface area contributed by atoms with E-state index >= 15 is 0 Å². The van der Waals surface area contributed by atoms with Gasteiger partial charge >= 0.3 is 0 Å². The van der Waals surface area contributed by atoms with E-state index in [4.69, 9.17) is 24.7 Å². The summed E-state index contributed by atoms with van der Waals surface area (Å²) in [5.41, 5.74) is -5.49. The Bertz CT molecular complexity index is 4600. The van der Waals surface area contributed by atoms with Gasteiger partial charge < -0.3 is 13.7 Å². The molecule has 0 N–H and O–H groups in total. The Kier molecular flexibility index (Phi) is 2.65. The van der Waals surface area contributed by atoms with Gasteiger partial charge in [0.05, 0.1) is 75.8 Å². The normalized spacial score (nSPS) is 19.3. The molecule has 0 saturated heterocycles. The molecular formula is C48H31N3. The number of para-hydroxylation sites is 5. The Morgan fingerprint density at radius 2 is 0.784 bits per heavy atom. The first-order valence-corrected chi connectivity index (χ1v) is 15.3. The molecule has 238 valence electrons. The second-order valence-corrected chi connectivity index (χ2v) is 11.3. The summed E-state index contributed by atoms with van der Waals surface area (Å²) in [5.74, 6) is 0. The number of aromatic nitrogens is 3. The van der Waals surface area contributed by atoms with Gasteiger partial charge in [-0.05, 0) is 66.0 Å². The fourth-order valence-electron chi connectivity index (χ4n) is 6.60. The van der Waals surface area contributed by atoms with E-state index in [-0.39, 0.29) is 16.8 Å². The molecule has 0 aliphatic heterocycles. The molecule has 8 aromatic carbocycles. The van der Waals surface area contributed by atoms with E-state index in [0.717, 1.165) is 13.7 Å². The summed E-state index contributed by atoms with van der Waals surface area (Å²) in [4.78, 5) is 0. The van der Waals surface area contributed by atoms with E-state index < -0.39 is 240 Å². The van der Waals surface area contributed by atoms with Crippen molar-refractivity contribution >= 4 is 65.4 Å². The highest BCUT2D eigenvalue weighted by Crippen LogP contribution is 2.40. The maximum Gasteiger partial charge on any atom is 0.0667 e. The van der Waals surface area contributed by atoms with Crippen molar-refractivity contribution in [3.8, 4) is 28.2 Å². The van der Waals surface area contributed by atoms with Crippen molar-refractivity contribution in [2.45, 2.75) is 0 Å². The average Bonchev–Trinajstić information content (AvgIpc) is 4.31. The lowest BCUT2D eigenvalue weighted by Crippen LogP contribution is -1.99. The summed E-state index contributed by atoms with van der Waals surface area (Å²) in [7, 11) is 0. The standard InChI is InChI=1S/C48H31N3/c1-2-14-32(15-3-1)35-16-4-9-21-42(35)51-46-25-13-7-19-38(46)40-28-26-34(31-48(40)51)50-45-24-12-8-20-39(45)41-30-33(27-29-47(41)50)49-43-22-10-5-17-36(43)37-18-6-11-23-44(37)49/h1-31H/i1D,2D,3D,5D,6D,7D,8D,10D,11D,12D,13D,14D,15D,17D,18D,19D,20D,22D,23D,24D,25D,26D,27D,28D,29D,30D,31D. The first-order chi connectivity index (χ1) is 36.6. The van der Waals surface area contributed by atoms with Crippen LogP contribution in [0.3, 0.4) is 0 Å². The summed E-state index contributed by atoms with van der Waals surface area (Å²) in [6, 6.07) is -16.6. The summed E-state index contributed by atoms with van der Waals surface area (Å²) in [6.07, 6.45) is 0. The first-order valence-electron chi connectivity index (χ1n) is 28.8. The fraction of sp³-hybridized carbons (Fsp3) is 0. The highest BCUT2D eigenvalue weighted by Gasteiger charge is 2.19. The van der Waals surface area contributed by atoms with Crippen molar-refractivity contribution in [1.82, 2.24) is 13.7 Å². The zero-order chi connectivity index (χ0) is 57.0. The van der Waals surface area contributed by atoms with Crippen LogP contribution in [0.1, 0.15) is 37.0 Å². The lowest BCUT2D eigenvalue weighted by molar-refractivity contribution is 1.15. The molecule has 0 spiro atoms. The monoisotopic (exact) mass is 676 g/mol. The van der Waals surface area contributed by atoms with Crippen LogP contribution in [0.2, 0.25) is 0 Å². The Morgan fingerprint density at radius 3 is 1.41 bits per heavy atom. The summed E-state index contributed by atoms with van der Waals surface area (Å²) in [5, 5.41) is -2.90. The molecule has 0 fully saturated rings. The third-order valence-electron chi connectivity index (χ3n) is 8.68. The van der Waals surface area contributed by atoms with Crippen LogP contribution >= 0.6 is 0 Å². The van der Waals surface area contributed by atoms with Gasteiger partial charge in [0.2, 0.25) is 0 Å². The molecule has 0 amide bonds. The molecule has 0 bridgehead atoms. The molecule has 0 atom stereocenters.